The third-order valence-corrected chi connectivity index (χ3v) is 4.22. The molecule has 116 valence electrons. The van der Waals surface area contributed by atoms with Gasteiger partial charge >= 0.3 is 0 Å². The molecule has 0 aliphatic carbocycles. The van der Waals surface area contributed by atoms with Crippen molar-refractivity contribution >= 4 is 15.9 Å². The minimum atomic E-state index is 0.563. The smallest absolute Gasteiger partial charge is 0.133 e. The molecule has 3 rings (SSSR count). The van der Waals surface area contributed by atoms with Crippen molar-refractivity contribution in [3.8, 4) is 22.6 Å². The molecule has 0 atom stereocenters. The monoisotopic (exact) mass is 368 g/mol. The fraction of sp³-hybridized carbons (Fsp3) is 0.100. The first kappa shape index (κ1) is 15.6. The van der Waals surface area contributed by atoms with Crippen molar-refractivity contribution in [2.24, 2.45) is 0 Å². The molecule has 0 N–H and O–H groups in total. The molecule has 0 aliphatic heterocycles. The Labute approximate surface area is 144 Å². The molecular formula is C20H17BrO2. The first-order valence-electron chi connectivity index (χ1n) is 7.37. The van der Waals surface area contributed by atoms with E-state index < -0.39 is 0 Å². The zero-order valence-corrected chi connectivity index (χ0v) is 14.4. The number of benzene rings is 3. The fourth-order valence-corrected chi connectivity index (χ4v) is 2.75. The predicted octanol–water partition coefficient (Wildman–Crippen LogP) is 5.70. The summed E-state index contributed by atoms with van der Waals surface area (Å²) in [6, 6.07) is 24.3. The van der Waals surface area contributed by atoms with E-state index in [2.05, 4.69) is 40.2 Å². The molecule has 23 heavy (non-hydrogen) atoms. The normalized spacial score (nSPS) is 10.3. The van der Waals surface area contributed by atoms with Crippen LogP contribution in [0.2, 0.25) is 0 Å². The Bertz CT molecular complexity index is 785. The minimum Gasteiger partial charge on any atom is -0.496 e. The molecule has 0 bridgehead atoms. The molecule has 3 heteroatoms. The quantitative estimate of drug-likeness (QED) is 0.574. The van der Waals surface area contributed by atoms with Crippen LogP contribution in [0.1, 0.15) is 5.56 Å². The van der Waals surface area contributed by atoms with Crippen LogP contribution >= 0.6 is 15.9 Å². The Morgan fingerprint density at radius 1 is 0.826 bits per heavy atom. The van der Waals surface area contributed by atoms with Crippen LogP contribution < -0.4 is 9.47 Å². The van der Waals surface area contributed by atoms with Crippen molar-refractivity contribution in [2.45, 2.75) is 6.61 Å². The molecular weight excluding hydrogens is 352 g/mol. The van der Waals surface area contributed by atoms with Crippen LogP contribution in [0.4, 0.5) is 0 Å². The van der Waals surface area contributed by atoms with E-state index in [1.54, 1.807) is 7.11 Å². The van der Waals surface area contributed by atoms with Gasteiger partial charge in [0.1, 0.15) is 18.1 Å². The van der Waals surface area contributed by atoms with Gasteiger partial charge in [-0.2, -0.15) is 0 Å². The summed E-state index contributed by atoms with van der Waals surface area (Å²) >= 11 is 3.48. The third kappa shape index (κ3) is 3.93. The van der Waals surface area contributed by atoms with Crippen molar-refractivity contribution in [1.29, 1.82) is 0 Å². The van der Waals surface area contributed by atoms with Gasteiger partial charge in [0.05, 0.1) is 11.6 Å². The highest BCUT2D eigenvalue weighted by Gasteiger charge is 2.05. The highest BCUT2D eigenvalue weighted by molar-refractivity contribution is 9.10. The van der Waals surface area contributed by atoms with Crippen LogP contribution in [-0.2, 0) is 6.61 Å². The van der Waals surface area contributed by atoms with E-state index in [0.717, 1.165) is 32.7 Å². The lowest BCUT2D eigenvalue weighted by Crippen LogP contribution is -1.95. The van der Waals surface area contributed by atoms with Gasteiger partial charge in [-0.15, -0.1) is 0 Å². The van der Waals surface area contributed by atoms with Crippen LogP contribution in [-0.4, -0.2) is 7.11 Å². The second-order valence-electron chi connectivity index (χ2n) is 5.15. The molecule has 0 heterocycles. The van der Waals surface area contributed by atoms with E-state index in [4.69, 9.17) is 9.47 Å². The molecule has 3 aromatic rings. The van der Waals surface area contributed by atoms with Gasteiger partial charge in [0.25, 0.3) is 0 Å². The Morgan fingerprint density at radius 3 is 2.39 bits per heavy atom. The van der Waals surface area contributed by atoms with Crippen LogP contribution in [0, 0.1) is 0 Å². The Hall–Kier alpha value is -2.26. The lowest BCUT2D eigenvalue weighted by atomic mass is 10.1. The first-order valence-corrected chi connectivity index (χ1v) is 8.16. The zero-order valence-electron chi connectivity index (χ0n) is 12.8. The summed E-state index contributed by atoms with van der Waals surface area (Å²) in [5.74, 6) is 1.67. The van der Waals surface area contributed by atoms with E-state index in [-0.39, 0.29) is 0 Å². The summed E-state index contributed by atoms with van der Waals surface area (Å²) in [6.45, 7) is 0.563. The summed E-state index contributed by atoms with van der Waals surface area (Å²) in [7, 11) is 1.67. The van der Waals surface area contributed by atoms with Gasteiger partial charge in [0.2, 0.25) is 0 Å². The maximum absolute atomic E-state index is 5.89. The van der Waals surface area contributed by atoms with Crippen molar-refractivity contribution in [2.75, 3.05) is 7.11 Å². The molecule has 0 fully saturated rings. The second kappa shape index (κ2) is 7.34. The SMILES string of the molecule is COc1cc(-c2cccc(OCc3ccccc3)c2)ccc1Br. The van der Waals surface area contributed by atoms with Gasteiger partial charge in [-0.3, -0.25) is 0 Å². The number of rotatable bonds is 5. The maximum atomic E-state index is 5.89. The Balaban J connectivity index is 1.79. The van der Waals surface area contributed by atoms with Crippen LogP contribution in [0.3, 0.4) is 0 Å². The van der Waals surface area contributed by atoms with Crippen molar-refractivity contribution < 1.29 is 9.47 Å². The molecule has 0 saturated heterocycles. The summed E-state index contributed by atoms with van der Waals surface area (Å²) in [6.07, 6.45) is 0. The highest BCUT2D eigenvalue weighted by atomic mass is 79.9. The number of methoxy groups -OCH3 is 1. The van der Waals surface area contributed by atoms with Crippen LogP contribution in [0.25, 0.3) is 11.1 Å². The number of halogens is 1. The van der Waals surface area contributed by atoms with Crippen molar-refractivity contribution in [3.05, 3.63) is 82.8 Å². The average Bonchev–Trinajstić information content (AvgIpc) is 2.61. The maximum Gasteiger partial charge on any atom is 0.133 e. The highest BCUT2D eigenvalue weighted by Crippen LogP contribution is 2.32. The van der Waals surface area contributed by atoms with Gasteiger partial charge in [-0.05, 0) is 56.9 Å². The number of hydrogen-bond acceptors (Lipinski definition) is 2. The molecule has 0 radical (unpaired) electrons. The lowest BCUT2D eigenvalue weighted by molar-refractivity contribution is 0.306. The summed E-state index contributed by atoms with van der Waals surface area (Å²) < 4.78 is 12.2. The van der Waals surface area contributed by atoms with E-state index in [1.807, 2.05) is 48.5 Å². The van der Waals surface area contributed by atoms with Gasteiger partial charge in [0, 0.05) is 0 Å². The van der Waals surface area contributed by atoms with E-state index in [1.165, 1.54) is 0 Å². The van der Waals surface area contributed by atoms with E-state index in [9.17, 15) is 0 Å². The first-order chi connectivity index (χ1) is 11.3. The van der Waals surface area contributed by atoms with Crippen molar-refractivity contribution in [1.82, 2.24) is 0 Å². The largest absolute Gasteiger partial charge is 0.496 e. The molecule has 0 amide bonds. The predicted molar refractivity (Wildman–Crippen MR) is 96.9 cm³/mol. The molecule has 3 aromatic carbocycles. The number of ether oxygens (including phenoxy) is 2. The molecule has 0 aliphatic rings. The van der Waals surface area contributed by atoms with Crippen molar-refractivity contribution in [3.63, 3.8) is 0 Å². The molecule has 2 nitrogen and oxygen atoms in total. The Kier molecular flexibility index (Phi) is 4.99. The topological polar surface area (TPSA) is 18.5 Å². The molecule has 0 spiro atoms. The van der Waals surface area contributed by atoms with Gasteiger partial charge in [-0.25, -0.2) is 0 Å². The second-order valence-corrected chi connectivity index (χ2v) is 6.01. The standard InChI is InChI=1S/C20H17BrO2/c1-22-20-13-17(10-11-19(20)21)16-8-5-9-18(12-16)23-14-15-6-3-2-4-7-15/h2-13H,14H2,1H3. The Morgan fingerprint density at radius 2 is 1.61 bits per heavy atom. The van der Waals surface area contributed by atoms with Gasteiger partial charge < -0.3 is 9.47 Å². The zero-order chi connectivity index (χ0) is 16.1. The average molecular weight is 369 g/mol. The third-order valence-electron chi connectivity index (χ3n) is 3.57. The van der Waals surface area contributed by atoms with E-state index in [0.29, 0.717) is 6.61 Å². The molecule has 0 saturated carbocycles. The summed E-state index contributed by atoms with van der Waals surface area (Å²) in [4.78, 5) is 0. The summed E-state index contributed by atoms with van der Waals surface area (Å²) in [5.41, 5.74) is 3.35. The van der Waals surface area contributed by atoms with E-state index >= 15 is 0 Å². The lowest BCUT2D eigenvalue weighted by Gasteiger charge is -2.10. The molecule has 0 aromatic heterocycles. The number of hydrogen-bond donors (Lipinski definition) is 0. The minimum absolute atomic E-state index is 0.563. The van der Waals surface area contributed by atoms with Gasteiger partial charge in [0.15, 0.2) is 0 Å². The summed E-state index contributed by atoms with van der Waals surface area (Å²) in [5, 5.41) is 0. The molecule has 0 unspecified atom stereocenters. The fourth-order valence-electron chi connectivity index (χ4n) is 2.35. The van der Waals surface area contributed by atoms with Crippen LogP contribution in [0.5, 0.6) is 11.5 Å². The van der Waals surface area contributed by atoms with Gasteiger partial charge in [-0.1, -0.05) is 48.5 Å². The van der Waals surface area contributed by atoms with Crippen LogP contribution in [0.15, 0.2) is 77.3 Å².